The van der Waals surface area contributed by atoms with Crippen molar-refractivity contribution in [2.75, 3.05) is 6.61 Å². The molecular weight excluding hydrogens is 285 g/mol. The van der Waals surface area contributed by atoms with Gasteiger partial charge in [0.25, 0.3) is 0 Å². The Hall–Kier alpha value is -1.23. The van der Waals surface area contributed by atoms with Crippen LogP contribution in [0.1, 0.15) is 11.4 Å². The van der Waals surface area contributed by atoms with Crippen LogP contribution in [-0.2, 0) is 20.0 Å². The lowest BCUT2D eigenvalue weighted by atomic mass is 10.2. The van der Waals surface area contributed by atoms with E-state index in [9.17, 15) is 0 Å². The van der Waals surface area contributed by atoms with Gasteiger partial charge in [-0.3, -0.25) is 0 Å². The lowest BCUT2D eigenvalue weighted by Crippen LogP contribution is -2.09. The number of nitrogens with zero attached hydrogens (tertiary/aromatic N) is 2. The largest absolute Gasteiger partial charge is 0.491 e. The minimum Gasteiger partial charge on any atom is -0.491 e. The summed E-state index contributed by atoms with van der Waals surface area (Å²) in [5, 5.41) is 1.04. The second-order valence-corrected chi connectivity index (χ2v) is 4.98. The number of aryl methyl sites for hydroxylation is 1. The van der Waals surface area contributed by atoms with Crippen molar-refractivity contribution < 1.29 is 4.74 Å². The number of ether oxygens (including phenoxy) is 1. The van der Waals surface area contributed by atoms with Crippen LogP contribution in [0, 0.1) is 0 Å². The minimum absolute atomic E-state index is 0.331. The zero-order valence-electron chi connectivity index (χ0n) is 10.6. The Morgan fingerprint density at radius 2 is 2.16 bits per heavy atom. The highest BCUT2D eigenvalue weighted by Crippen LogP contribution is 2.32. The molecule has 19 heavy (non-hydrogen) atoms. The molecule has 0 aliphatic heterocycles. The molecule has 0 atom stereocenters. The van der Waals surface area contributed by atoms with Crippen molar-refractivity contribution >= 4 is 23.2 Å². The number of aromatic nitrogens is 2. The number of benzene rings is 1. The van der Waals surface area contributed by atoms with Crippen LogP contribution in [0.25, 0.3) is 0 Å². The number of rotatable bonds is 5. The third-order valence-electron chi connectivity index (χ3n) is 2.80. The van der Waals surface area contributed by atoms with Crippen LogP contribution in [0.5, 0.6) is 5.75 Å². The molecule has 0 aliphatic carbocycles. The summed E-state index contributed by atoms with van der Waals surface area (Å²) >= 11 is 12.0. The zero-order valence-corrected chi connectivity index (χ0v) is 12.1. The van der Waals surface area contributed by atoms with E-state index < -0.39 is 0 Å². The molecule has 2 rings (SSSR count). The van der Waals surface area contributed by atoms with Crippen LogP contribution >= 0.6 is 23.2 Å². The van der Waals surface area contributed by atoms with E-state index in [2.05, 4.69) is 4.98 Å². The van der Waals surface area contributed by atoms with E-state index in [1.807, 2.05) is 17.8 Å². The minimum atomic E-state index is 0.331. The first-order chi connectivity index (χ1) is 9.11. The summed E-state index contributed by atoms with van der Waals surface area (Å²) in [6.07, 6.45) is 4.36. The van der Waals surface area contributed by atoms with Gasteiger partial charge < -0.3 is 15.0 Å². The molecular formula is C13H15Cl2N3O. The monoisotopic (exact) mass is 299 g/mol. The lowest BCUT2D eigenvalue weighted by Gasteiger charge is -2.12. The van der Waals surface area contributed by atoms with E-state index in [4.69, 9.17) is 33.7 Å². The highest BCUT2D eigenvalue weighted by Gasteiger charge is 2.10. The summed E-state index contributed by atoms with van der Waals surface area (Å²) in [6.45, 7) is 0.817. The summed E-state index contributed by atoms with van der Waals surface area (Å²) in [5.41, 5.74) is 6.47. The van der Waals surface area contributed by atoms with E-state index >= 15 is 0 Å². The molecule has 0 amide bonds. The quantitative estimate of drug-likeness (QED) is 0.924. The van der Waals surface area contributed by atoms with Crippen molar-refractivity contribution in [2.45, 2.75) is 13.0 Å². The predicted molar refractivity (Wildman–Crippen MR) is 76.8 cm³/mol. The van der Waals surface area contributed by atoms with Crippen molar-refractivity contribution in [3.63, 3.8) is 0 Å². The number of hydrogen-bond acceptors (Lipinski definition) is 3. The van der Waals surface area contributed by atoms with Gasteiger partial charge in [0, 0.05) is 43.0 Å². The second kappa shape index (κ2) is 6.28. The molecule has 1 heterocycles. The van der Waals surface area contributed by atoms with Crippen molar-refractivity contribution in [3.05, 3.63) is 46.0 Å². The SMILES string of the molecule is Cn1ccnc1CCOc1c(Cl)cc(Cl)cc1CN. The Labute approximate surface area is 122 Å². The number of nitrogens with two attached hydrogens (primary N) is 1. The smallest absolute Gasteiger partial charge is 0.142 e. The van der Waals surface area contributed by atoms with Crippen molar-refractivity contribution in [3.8, 4) is 5.75 Å². The van der Waals surface area contributed by atoms with Gasteiger partial charge in [-0.05, 0) is 12.1 Å². The maximum absolute atomic E-state index is 6.12. The van der Waals surface area contributed by atoms with Crippen LogP contribution in [0.4, 0.5) is 0 Å². The lowest BCUT2D eigenvalue weighted by molar-refractivity contribution is 0.314. The standard InChI is InChI=1S/C13H15Cl2N3O/c1-18-4-3-17-12(18)2-5-19-13-9(8-16)6-10(14)7-11(13)15/h3-4,6-7H,2,5,8,16H2,1H3. The first-order valence-electron chi connectivity index (χ1n) is 5.88. The molecule has 0 saturated heterocycles. The molecule has 1 aromatic carbocycles. The molecule has 0 saturated carbocycles. The number of halogens is 2. The van der Waals surface area contributed by atoms with Crippen LogP contribution in [-0.4, -0.2) is 16.2 Å². The van der Waals surface area contributed by atoms with Gasteiger partial charge in [-0.1, -0.05) is 23.2 Å². The Kier molecular flexibility index (Phi) is 4.69. The molecule has 0 unspecified atom stereocenters. The van der Waals surface area contributed by atoms with E-state index in [1.165, 1.54) is 0 Å². The topological polar surface area (TPSA) is 53.1 Å². The first-order valence-corrected chi connectivity index (χ1v) is 6.64. The maximum atomic E-state index is 6.12. The first kappa shape index (κ1) is 14.2. The van der Waals surface area contributed by atoms with Crippen LogP contribution in [0.2, 0.25) is 10.0 Å². The third kappa shape index (κ3) is 3.41. The van der Waals surface area contributed by atoms with E-state index in [0.717, 1.165) is 11.4 Å². The highest BCUT2D eigenvalue weighted by atomic mass is 35.5. The summed E-state index contributed by atoms with van der Waals surface area (Å²) in [5.74, 6) is 1.56. The summed E-state index contributed by atoms with van der Waals surface area (Å²) in [6, 6.07) is 3.42. The van der Waals surface area contributed by atoms with E-state index in [1.54, 1.807) is 18.3 Å². The Balaban J connectivity index is 2.05. The zero-order chi connectivity index (χ0) is 13.8. The fourth-order valence-electron chi connectivity index (χ4n) is 1.81. The van der Waals surface area contributed by atoms with Crippen molar-refractivity contribution in [1.82, 2.24) is 9.55 Å². The maximum Gasteiger partial charge on any atom is 0.142 e. The summed E-state index contributed by atoms with van der Waals surface area (Å²) in [7, 11) is 1.95. The predicted octanol–water partition coefficient (Wildman–Crippen LogP) is 2.81. The van der Waals surface area contributed by atoms with Crippen LogP contribution in [0.3, 0.4) is 0 Å². The molecule has 0 bridgehead atoms. The Morgan fingerprint density at radius 3 is 2.79 bits per heavy atom. The van der Waals surface area contributed by atoms with Gasteiger partial charge in [-0.15, -0.1) is 0 Å². The molecule has 2 aromatic rings. The van der Waals surface area contributed by atoms with Gasteiger partial charge in [-0.25, -0.2) is 4.98 Å². The molecule has 2 N–H and O–H groups in total. The Morgan fingerprint density at radius 1 is 1.37 bits per heavy atom. The summed E-state index contributed by atoms with van der Waals surface area (Å²) in [4.78, 5) is 4.23. The molecule has 1 aromatic heterocycles. The average Bonchev–Trinajstić information content (AvgIpc) is 2.77. The van der Waals surface area contributed by atoms with Crippen LogP contribution in [0.15, 0.2) is 24.5 Å². The highest BCUT2D eigenvalue weighted by molar-refractivity contribution is 6.35. The Bertz CT molecular complexity index is 569. The van der Waals surface area contributed by atoms with E-state index in [-0.39, 0.29) is 0 Å². The van der Waals surface area contributed by atoms with Crippen molar-refractivity contribution in [2.24, 2.45) is 12.8 Å². The molecule has 0 fully saturated rings. The number of hydrogen-bond donors (Lipinski definition) is 1. The van der Waals surface area contributed by atoms with Gasteiger partial charge in [0.15, 0.2) is 0 Å². The molecule has 0 radical (unpaired) electrons. The van der Waals surface area contributed by atoms with Gasteiger partial charge in [0.05, 0.1) is 11.6 Å². The second-order valence-electron chi connectivity index (χ2n) is 4.13. The van der Waals surface area contributed by atoms with Gasteiger partial charge in [0.2, 0.25) is 0 Å². The van der Waals surface area contributed by atoms with E-state index in [0.29, 0.717) is 35.4 Å². The fraction of sp³-hybridized carbons (Fsp3) is 0.308. The molecule has 0 spiro atoms. The molecule has 4 nitrogen and oxygen atoms in total. The summed E-state index contributed by atoms with van der Waals surface area (Å²) < 4.78 is 7.67. The molecule has 6 heteroatoms. The normalized spacial score (nSPS) is 10.7. The average molecular weight is 300 g/mol. The van der Waals surface area contributed by atoms with Crippen molar-refractivity contribution in [1.29, 1.82) is 0 Å². The van der Waals surface area contributed by atoms with Gasteiger partial charge >= 0.3 is 0 Å². The van der Waals surface area contributed by atoms with Gasteiger partial charge in [-0.2, -0.15) is 0 Å². The molecule has 0 aliphatic rings. The fourth-order valence-corrected chi connectivity index (χ4v) is 2.40. The van der Waals surface area contributed by atoms with Gasteiger partial charge in [0.1, 0.15) is 11.6 Å². The van der Waals surface area contributed by atoms with Crippen LogP contribution < -0.4 is 10.5 Å². The molecule has 102 valence electrons. The third-order valence-corrected chi connectivity index (χ3v) is 3.30. The number of imidazole rings is 1.